The van der Waals surface area contributed by atoms with Crippen LogP contribution in [0.3, 0.4) is 0 Å². The molecule has 0 saturated heterocycles. The van der Waals surface area contributed by atoms with Crippen LogP contribution in [-0.4, -0.2) is 22.4 Å². The van der Waals surface area contributed by atoms with Gasteiger partial charge in [-0.05, 0) is 17.7 Å². The molecule has 6 heteroatoms. The van der Waals surface area contributed by atoms with Crippen LogP contribution in [0, 0.1) is 0 Å². The second kappa shape index (κ2) is 7.02. The molecule has 1 aromatic carbocycles. The fraction of sp³-hybridized carbons (Fsp3) is 0.118. The molecule has 0 fully saturated rings. The summed E-state index contributed by atoms with van der Waals surface area (Å²) in [5.74, 6) is -0.374. The minimum absolute atomic E-state index is 0.114. The van der Waals surface area contributed by atoms with Crippen molar-refractivity contribution in [1.29, 1.82) is 0 Å². The molecule has 2 N–H and O–H groups in total. The number of carbonyl (C=O) groups excluding carboxylic acids is 1. The molecule has 3 aromatic rings. The topological polar surface area (TPSA) is 74.8 Å². The van der Waals surface area contributed by atoms with Crippen molar-refractivity contribution < 1.29 is 4.79 Å². The van der Waals surface area contributed by atoms with Crippen molar-refractivity contribution in [2.45, 2.75) is 6.42 Å². The number of aromatic nitrogens is 2. The summed E-state index contributed by atoms with van der Waals surface area (Å²) in [4.78, 5) is 31.1. The van der Waals surface area contributed by atoms with Crippen LogP contribution in [0.5, 0.6) is 0 Å². The van der Waals surface area contributed by atoms with E-state index in [-0.39, 0.29) is 11.5 Å². The summed E-state index contributed by atoms with van der Waals surface area (Å²) in [5, 5.41) is 4.68. The summed E-state index contributed by atoms with van der Waals surface area (Å²) in [6.45, 7) is 0.447. The quantitative estimate of drug-likeness (QED) is 0.757. The molecule has 3 rings (SSSR count). The monoisotopic (exact) mass is 325 g/mol. The number of benzene rings is 1. The zero-order chi connectivity index (χ0) is 16.1. The van der Waals surface area contributed by atoms with Gasteiger partial charge in [0.25, 0.3) is 11.5 Å². The number of pyridine rings is 1. The van der Waals surface area contributed by atoms with Gasteiger partial charge in [0.1, 0.15) is 5.56 Å². The van der Waals surface area contributed by atoms with Gasteiger partial charge in [-0.25, -0.2) is 4.98 Å². The van der Waals surface area contributed by atoms with Gasteiger partial charge in [-0.2, -0.15) is 0 Å². The molecule has 1 amide bonds. The number of thiazole rings is 1. The summed E-state index contributed by atoms with van der Waals surface area (Å²) in [5.41, 5.74) is 4.00. The van der Waals surface area contributed by atoms with E-state index in [1.165, 1.54) is 11.3 Å². The fourth-order valence-electron chi connectivity index (χ4n) is 2.20. The number of H-pyrrole nitrogens is 1. The van der Waals surface area contributed by atoms with Crippen LogP contribution < -0.4 is 10.9 Å². The largest absolute Gasteiger partial charge is 0.351 e. The van der Waals surface area contributed by atoms with E-state index in [4.69, 9.17) is 0 Å². The van der Waals surface area contributed by atoms with Gasteiger partial charge in [-0.1, -0.05) is 30.3 Å². The van der Waals surface area contributed by atoms with Crippen molar-refractivity contribution in [3.63, 3.8) is 0 Å². The zero-order valence-corrected chi connectivity index (χ0v) is 13.1. The minimum atomic E-state index is -0.391. The summed E-state index contributed by atoms with van der Waals surface area (Å²) < 4.78 is 0. The van der Waals surface area contributed by atoms with Crippen LogP contribution >= 0.6 is 11.3 Å². The minimum Gasteiger partial charge on any atom is -0.351 e. The predicted molar refractivity (Wildman–Crippen MR) is 90.6 cm³/mol. The van der Waals surface area contributed by atoms with Crippen molar-refractivity contribution in [2.24, 2.45) is 0 Å². The third-order valence-electron chi connectivity index (χ3n) is 3.39. The SMILES string of the molecule is O=C(NCCc1cscn1)c1ccc(-c2ccccc2)[nH]c1=O. The second-order valence-electron chi connectivity index (χ2n) is 4.97. The van der Waals surface area contributed by atoms with Gasteiger partial charge >= 0.3 is 0 Å². The maximum absolute atomic E-state index is 12.1. The Bertz CT molecular complexity index is 842. The first-order valence-corrected chi connectivity index (χ1v) is 8.12. The highest BCUT2D eigenvalue weighted by Gasteiger charge is 2.11. The molecule has 0 aliphatic rings. The van der Waals surface area contributed by atoms with Gasteiger partial charge in [0.15, 0.2) is 0 Å². The van der Waals surface area contributed by atoms with E-state index >= 15 is 0 Å². The van der Waals surface area contributed by atoms with Crippen molar-refractivity contribution >= 4 is 17.2 Å². The molecule has 2 aromatic heterocycles. The molecule has 0 aliphatic carbocycles. The zero-order valence-electron chi connectivity index (χ0n) is 12.3. The Morgan fingerprint density at radius 2 is 2.00 bits per heavy atom. The number of hydrogen-bond acceptors (Lipinski definition) is 4. The average molecular weight is 325 g/mol. The van der Waals surface area contributed by atoms with Gasteiger partial charge in [-0.15, -0.1) is 11.3 Å². The van der Waals surface area contributed by atoms with E-state index in [1.807, 2.05) is 35.7 Å². The van der Waals surface area contributed by atoms with Gasteiger partial charge in [0.2, 0.25) is 0 Å². The predicted octanol–water partition coefficient (Wildman–Crippen LogP) is 2.47. The highest BCUT2D eigenvalue weighted by molar-refractivity contribution is 7.07. The standard InChI is InChI=1S/C17H15N3O2S/c21-16(18-9-8-13-10-23-11-19-13)14-6-7-15(20-17(14)22)12-4-2-1-3-5-12/h1-7,10-11H,8-9H2,(H,18,21)(H,20,22). The van der Waals surface area contributed by atoms with Crippen LogP contribution in [0.4, 0.5) is 0 Å². The Labute approximate surface area is 137 Å². The molecule has 116 valence electrons. The first kappa shape index (κ1) is 15.2. The van der Waals surface area contributed by atoms with E-state index in [2.05, 4.69) is 15.3 Å². The molecule has 0 saturated carbocycles. The van der Waals surface area contributed by atoms with Gasteiger partial charge < -0.3 is 10.3 Å². The Balaban J connectivity index is 1.68. The second-order valence-corrected chi connectivity index (χ2v) is 5.69. The lowest BCUT2D eigenvalue weighted by Crippen LogP contribution is -2.31. The van der Waals surface area contributed by atoms with Crippen LogP contribution in [0.25, 0.3) is 11.3 Å². The lowest BCUT2D eigenvalue weighted by atomic mass is 10.1. The molecule has 2 heterocycles. The summed E-state index contributed by atoms with van der Waals surface area (Å²) >= 11 is 1.52. The van der Waals surface area contributed by atoms with Crippen LogP contribution in [-0.2, 0) is 6.42 Å². The lowest BCUT2D eigenvalue weighted by Gasteiger charge is -2.05. The Hall–Kier alpha value is -2.73. The fourth-order valence-corrected chi connectivity index (χ4v) is 2.79. The van der Waals surface area contributed by atoms with Crippen LogP contribution in [0.15, 0.2) is 58.1 Å². The van der Waals surface area contributed by atoms with E-state index in [1.54, 1.807) is 17.6 Å². The number of amides is 1. The molecule has 0 aliphatic heterocycles. The van der Waals surface area contributed by atoms with Crippen molar-refractivity contribution in [2.75, 3.05) is 6.54 Å². The normalized spacial score (nSPS) is 10.4. The number of carbonyl (C=O) groups is 1. The molecule has 0 spiro atoms. The van der Waals surface area contributed by atoms with E-state index in [0.717, 1.165) is 11.3 Å². The lowest BCUT2D eigenvalue weighted by molar-refractivity contribution is 0.0952. The maximum Gasteiger partial charge on any atom is 0.261 e. The number of nitrogens with one attached hydrogen (secondary N) is 2. The molecule has 5 nitrogen and oxygen atoms in total. The molecular weight excluding hydrogens is 310 g/mol. The van der Waals surface area contributed by atoms with E-state index in [0.29, 0.717) is 18.7 Å². The Morgan fingerprint density at radius 1 is 1.17 bits per heavy atom. The van der Waals surface area contributed by atoms with E-state index < -0.39 is 5.56 Å². The first-order valence-electron chi connectivity index (χ1n) is 7.18. The first-order chi connectivity index (χ1) is 11.2. The van der Waals surface area contributed by atoms with Gasteiger partial charge in [-0.3, -0.25) is 9.59 Å². The van der Waals surface area contributed by atoms with Crippen molar-refractivity contribution in [1.82, 2.24) is 15.3 Å². The summed E-state index contributed by atoms with van der Waals surface area (Å²) in [7, 11) is 0. The summed E-state index contributed by atoms with van der Waals surface area (Å²) in [6, 6.07) is 12.8. The highest BCUT2D eigenvalue weighted by atomic mass is 32.1. The Morgan fingerprint density at radius 3 is 2.70 bits per heavy atom. The molecule has 0 unspecified atom stereocenters. The smallest absolute Gasteiger partial charge is 0.261 e. The number of aromatic amines is 1. The number of nitrogens with zero attached hydrogens (tertiary/aromatic N) is 1. The van der Waals surface area contributed by atoms with Gasteiger partial charge in [0, 0.05) is 24.0 Å². The molecule has 23 heavy (non-hydrogen) atoms. The number of hydrogen-bond donors (Lipinski definition) is 2. The third-order valence-corrected chi connectivity index (χ3v) is 4.02. The highest BCUT2D eigenvalue weighted by Crippen LogP contribution is 2.14. The van der Waals surface area contributed by atoms with Crippen LogP contribution in [0.1, 0.15) is 16.1 Å². The van der Waals surface area contributed by atoms with Crippen molar-refractivity contribution in [3.8, 4) is 11.3 Å². The van der Waals surface area contributed by atoms with Crippen LogP contribution in [0.2, 0.25) is 0 Å². The molecule has 0 atom stereocenters. The number of rotatable bonds is 5. The molecule has 0 bridgehead atoms. The van der Waals surface area contributed by atoms with Gasteiger partial charge in [0.05, 0.1) is 11.2 Å². The molecule has 0 radical (unpaired) electrons. The van der Waals surface area contributed by atoms with Crippen molar-refractivity contribution in [3.05, 3.63) is 75.0 Å². The Kier molecular flexibility index (Phi) is 4.63. The molecular formula is C17H15N3O2S. The average Bonchev–Trinajstić information content (AvgIpc) is 3.09. The third kappa shape index (κ3) is 3.73. The maximum atomic E-state index is 12.1. The summed E-state index contributed by atoms with van der Waals surface area (Å²) in [6.07, 6.45) is 0.648. The van der Waals surface area contributed by atoms with E-state index in [9.17, 15) is 9.59 Å².